The highest BCUT2D eigenvalue weighted by Crippen LogP contribution is 2.18. The monoisotopic (exact) mass is 389 g/mol. The van der Waals surface area contributed by atoms with Crippen molar-refractivity contribution in [2.45, 2.75) is 19.6 Å². The highest BCUT2D eigenvalue weighted by atomic mass is 16.5. The Hall–Kier alpha value is -3.11. The minimum absolute atomic E-state index is 0.00757. The Kier molecular flexibility index (Phi) is 5.81. The first-order chi connectivity index (χ1) is 13.4. The van der Waals surface area contributed by atoms with Crippen LogP contribution in [0, 0.1) is 6.92 Å². The minimum atomic E-state index is -0.941. The summed E-state index contributed by atoms with van der Waals surface area (Å²) in [6.45, 7) is 1.98. The van der Waals surface area contributed by atoms with E-state index in [4.69, 9.17) is 9.84 Å². The lowest BCUT2D eigenvalue weighted by molar-refractivity contribution is 0.0935. The number of benzene rings is 1. The molecule has 0 spiro atoms. The van der Waals surface area contributed by atoms with E-state index in [-0.39, 0.29) is 43.4 Å². The summed E-state index contributed by atoms with van der Waals surface area (Å²) in [7, 11) is 1.49. The third-order valence-electron chi connectivity index (χ3n) is 4.32. The Morgan fingerprint density at radius 3 is 2.79 bits per heavy atom. The van der Waals surface area contributed by atoms with Crippen LogP contribution in [0.5, 0.6) is 5.75 Å². The normalized spacial score (nSPS) is 12.3. The number of H-pyrrole nitrogens is 1. The number of fused-ring (bicyclic) bond motifs is 1. The van der Waals surface area contributed by atoms with Gasteiger partial charge in [-0.25, -0.2) is 4.79 Å². The molecule has 3 rings (SSSR count). The zero-order valence-electron chi connectivity index (χ0n) is 15.7. The van der Waals surface area contributed by atoms with Gasteiger partial charge in [0.1, 0.15) is 18.5 Å². The molecule has 0 saturated carbocycles. The molecule has 2 heterocycles. The topological polar surface area (TPSA) is 134 Å². The molecule has 1 aromatic carbocycles. The van der Waals surface area contributed by atoms with Gasteiger partial charge in [0, 0.05) is 13.6 Å². The van der Waals surface area contributed by atoms with Gasteiger partial charge >= 0.3 is 5.69 Å². The Morgan fingerprint density at radius 2 is 2.07 bits per heavy atom. The van der Waals surface area contributed by atoms with Gasteiger partial charge in [-0.2, -0.15) is 4.98 Å². The number of aromatic amines is 1. The number of anilines is 1. The van der Waals surface area contributed by atoms with E-state index in [1.807, 2.05) is 31.2 Å². The van der Waals surface area contributed by atoms with Crippen molar-refractivity contribution in [3.63, 3.8) is 0 Å². The van der Waals surface area contributed by atoms with Gasteiger partial charge in [-0.05, 0) is 18.6 Å². The molecular formula is C18H23N5O5. The summed E-state index contributed by atoms with van der Waals surface area (Å²) in [5.41, 5.74) is 0.0900. The maximum Gasteiger partial charge on any atom is 0.329 e. The van der Waals surface area contributed by atoms with Gasteiger partial charge in [-0.3, -0.25) is 14.3 Å². The fraction of sp³-hybridized carbons (Fsp3) is 0.389. The second-order valence-electron chi connectivity index (χ2n) is 6.42. The largest absolute Gasteiger partial charge is 0.491 e. The molecule has 0 unspecified atom stereocenters. The van der Waals surface area contributed by atoms with Gasteiger partial charge in [0.2, 0.25) is 5.95 Å². The Labute approximate surface area is 160 Å². The highest BCUT2D eigenvalue weighted by Gasteiger charge is 2.19. The number of ether oxygens (including phenoxy) is 1. The van der Waals surface area contributed by atoms with Crippen molar-refractivity contribution < 1.29 is 14.9 Å². The Bertz CT molecular complexity index is 1080. The number of nitrogens with zero attached hydrogens (tertiary/aromatic N) is 3. The van der Waals surface area contributed by atoms with Crippen LogP contribution in [-0.2, 0) is 13.6 Å². The molecular weight excluding hydrogens is 366 g/mol. The molecule has 0 radical (unpaired) electrons. The van der Waals surface area contributed by atoms with E-state index < -0.39 is 17.4 Å². The molecule has 0 amide bonds. The number of hydrogen-bond acceptors (Lipinski definition) is 7. The van der Waals surface area contributed by atoms with Gasteiger partial charge in [-0.1, -0.05) is 18.2 Å². The number of para-hydroxylation sites is 1. The van der Waals surface area contributed by atoms with Crippen molar-refractivity contribution in [2.75, 3.05) is 25.1 Å². The Morgan fingerprint density at radius 1 is 1.32 bits per heavy atom. The average Bonchev–Trinajstić information content (AvgIpc) is 3.02. The third-order valence-corrected chi connectivity index (χ3v) is 4.32. The average molecular weight is 389 g/mol. The number of hydrogen-bond donors (Lipinski definition) is 4. The first-order valence-corrected chi connectivity index (χ1v) is 8.83. The number of aryl methyl sites for hydroxylation is 2. The van der Waals surface area contributed by atoms with Gasteiger partial charge in [0.05, 0.1) is 13.2 Å². The number of nitrogens with one attached hydrogen (secondary N) is 2. The number of aliphatic hydroxyl groups is 2. The van der Waals surface area contributed by atoms with E-state index >= 15 is 0 Å². The molecule has 150 valence electrons. The molecule has 0 aliphatic heterocycles. The van der Waals surface area contributed by atoms with Crippen LogP contribution in [0.2, 0.25) is 0 Å². The van der Waals surface area contributed by atoms with Crippen LogP contribution in [0.1, 0.15) is 5.56 Å². The van der Waals surface area contributed by atoms with Gasteiger partial charge in [0.15, 0.2) is 11.2 Å². The van der Waals surface area contributed by atoms with Crippen LogP contribution in [0.15, 0.2) is 33.9 Å². The van der Waals surface area contributed by atoms with E-state index in [0.717, 1.165) is 5.56 Å². The molecule has 3 aromatic rings. The molecule has 0 aliphatic carbocycles. The summed E-state index contributed by atoms with van der Waals surface area (Å²) in [5, 5.41) is 22.4. The number of rotatable bonds is 8. The lowest BCUT2D eigenvalue weighted by Crippen LogP contribution is -2.31. The molecule has 4 N–H and O–H groups in total. The predicted molar refractivity (Wildman–Crippen MR) is 104 cm³/mol. The van der Waals surface area contributed by atoms with Crippen molar-refractivity contribution in [3.05, 3.63) is 50.7 Å². The molecule has 1 atom stereocenters. The zero-order chi connectivity index (χ0) is 20.3. The number of aliphatic hydroxyl groups excluding tert-OH is 2. The molecule has 0 fully saturated rings. The second kappa shape index (κ2) is 8.28. The van der Waals surface area contributed by atoms with Crippen molar-refractivity contribution in [1.82, 2.24) is 19.1 Å². The molecule has 0 saturated heterocycles. The van der Waals surface area contributed by atoms with E-state index in [1.165, 1.54) is 16.2 Å². The molecule has 28 heavy (non-hydrogen) atoms. The number of aromatic nitrogens is 4. The van der Waals surface area contributed by atoms with Gasteiger partial charge in [-0.15, -0.1) is 0 Å². The number of imidazole rings is 1. The second-order valence-corrected chi connectivity index (χ2v) is 6.42. The van der Waals surface area contributed by atoms with E-state index in [2.05, 4.69) is 15.3 Å². The van der Waals surface area contributed by atoms with Crippen molar-refractivity contribution in [1.29, 1.82) is 0 Å². The summed E-state index contributed by atoms with van der Waals surface area (Å²) in [6.07, 6.45) is -0.941. The van der Waals surface area contributed by atoms with Crippen molar-refractivity contribution in [3.8, 4) is 5.75 Å². The SMILES string of the molecule is Cc1ccccc1OC[C@H](O)Cn1c(NCCO)nc2c1c(=O)[nH]c(=O)n2C. The summed E-state index contributed by atoms with van der Waals surface area (Å²) >= 11 is 0. The van der Waals surface area contributed by atoms with Crippen LogP contribution in [0.3, 0.4) is 0 Å². The Balaban J connectivity index is 1.90. The maximum atomic E-state index is 12.3. The van der Waals surface area contributed by atoms with Crippen LogP contribution in [0.25, 0.3) is 11.2 Å². The molecule has 10 nitrogen and oxygen atoms in total. The summed E-state index contributed by atoms with van der Waals surface area (Å²) in [5.74, 6) is 0.932. The molecule has 0 aliphatic rings. The highest BCUT2D eigenvalue weighted by molar-refractivity contribution is 5.74. The smallest absolute Gasteiger partial charge is 0.329 e. The van der Waals surface area contributed by atoms with E-state index in [0.29, 0.717) is 5.75 Å². The molecule has 10 heteroatoms. The van der Waals surface area contributed by atoms with Crippen LogP contribution < -0.4 is 21.3 Å². The zero-order valence-corrected chi connectivity index (χ0v) is 15.7. The minimum Gasteiger partial charge on any atom is -0.491 e. The summed E-state index contributed by atoms with van der Waals surface area (Å²) in [4.78, 5) is 30.7. The third kappa shape index (κ3) is 3.92. The lowest BCUT2D eigenvalue weighted by Gasteiger charge is -2.16. The lowest BCUT2D eigenvalue weighted by atomic mass is 10.2. The molecule has 0 bridgehead atoms. The van der Waals surface area contributed by atoms with Gasteiger partial charge in [0.25, 0.3) is 5.56 Å². The van der Waals surface area contributed by atoms with Crippen LogP contribution in [0.4, 0.5) is 5.95 Å². The van der Waals surface area contributed by atoms with Crippen molar-refractivity contribution >= 4 is 17.1 Å². The fourth-order valence-electron chi connectivity index (χ4n) is 2.88. The van der Waals surface area contributed by atoms with Crippen LogP contribution >= 0.6 is 0 Å². The van der Waals surface area contributed by atoms with E-state index in [9.17, 15) is 14.7 Å². The van der Waals surface area contributed by atoms with Gasteiger partial charge < -0.3 is 24.8 Å². The first-order valence-electron chi connectivity index (χ1n) is 8.83. The maximum absolute atomic E-state index is 12.3. The fourth-order valence-corrected chi connectivity index (χ4v) is 2.88. The van der Waals surface area contributed by atoms with E-state index in [1.54, 1.807) is 0 Å². The summed E-state index contributed by atoms with van der Waals surface area (Å²) in [6, 6.07) is 7.45. The standard InChI is InChI=1S/C18H23N5O5/c1-11-5-3-4-6-13(11)28-10-12(25)9-23-14-15(20-17(23)19-7-8-24)22(2)18(27)21-16(14)26/h3-6,12,24-25H,7-10H2,1-2H3,(H,19,20)(H,21,26,27)/t12-/m1/s1. The first kappa shape index (κ1) is 19.6. The van der Waals surface area contributed by atoms with Crippen LogP contribution in [-0.4, -0.2) is 55.2 Å². The quantitative estimate of drug-likeness (QED) is 0.411. The summed E-state index contributed by atoms with van der Waals surface area (Å²) < 4.78 is 8.37. The predicted octanol–water partition coefficient (Wildman–Crippen LogP) is -0.424. The van der Waals surface area contributed by atoms with Crippen molar-refractivity contribution in [2.24, 2.45) is 7.05 Å². The molecule has 2 aromatic heterocycles.